The summed E-state index contributed by atoms with van der Waals surface area (Å²) in [6.45, 7) is 9.57. The average molecular weight is 1110 g/mol. The minimum absolute atomic E-state index is 0.0916. The minimum Gasteiger partial charge on any atom is -0.318 e. The van der Waals surface area contributed by atoms with Crippen molar-refractivity contribution in [3.05, 3.63) is 278 Å². The highest BCUT2D eigenvalue weighted by Gasteiger charge is 2.31. The maximum atomic E-state index is 10.2. The highest BCUT2D eigenvalue weighted by atomic mass is 32.1. The smallest absolute Gasteiger partial charge is 0.212 e. The van der Waals surface area contributed by atoms with Crippen LogP contribution in [-0.4, -0.2) is 24.1 Å². The first-order valence-electron chi connectivity index (χ1n) is 30.1. The molecule has 5 aromatic heterocycles. The van der Waals surface area contributed by atoms with Gasteiger partial charge in [-0.3, -0.25) is 0 Å². The molecule has 0 aliphatic carbocycles. The van der Waals surface area contributed by atoms with E-state index in [0.717, 1.165) is 117 Å². The van der Waals surface area contributed by atoms with Gasteiger partial charge in [-0.1, -0.05) is 212 Å². The van der Waals surface area contributed by atoms with Crippen molar-refractivity contribution in [3.63, 3.8) is 0 Å². The highest BCUT2D eigenvalue weighted by molar-refractivity contribution is 7.27. The Labute approximate surface area is 497 Å². The molecule has 0 atom stereocenters. The molecule has 0 radical (unpaired) electrons. The van der Waals surface area contributed by atoms with Crippen molar-refractivity contribution in [1.82, 2.24) is 24.1 Å². The van der Waals surface area contributed by atoms with Gasteiger partial charge in [-0.2, -0.15) is 0 Å². The minimum atomic E-state index is -0.541. The first-order chi connectivity index (χ1) is 43.7. The number of rotatable bonds is 8. The van der Waals surface area contributed by atoms with Gasteiger partial charge in [-0.25, -0.2) is 19.8 Å². The van der Waals surface area contributed by atoms with Gasteiger partial charge < -0.3 is 9.13 Å². The molecule has 0 spiro atoms. The quantitative estimate of drug-likeness (QED) is 0.143. The van der Waals surface area contributed by atoms with Crippen molar-refractivity contribution in [2.24, 2.45) is 0 Å². The van der Waals surface area contributed by atoms with Gasteiger partial charge in [-0.05, 0) is 82.4 Å². The van der Waals surface area contributed by atoms with Gasteiger partial charge in [0.2, 0.25) is 5.69 Å². The standard InChI is InChI=1S/C76H44N6S2/c1-77-60-45-59(76-79-74(49-27-13-5-14-28-49)78-75(80-76)50-29-15-6-16-30-50)70(81-61-39-35-51(46-21-7-2-8-22-46)43-57(61)68-63(81)41-37-55-53-31-17-19-33-65(53)83-72(55)68)67(48-25-11-4-12-26-48)71(60)82-62-40-36-52(47-23-9-3-10-24-47)44-58(62)69-64(82)42-38-56-54-32-18-20-34-66(54)84-73(56)69/h2-45H/i4D,11D,12D,25D,26D. The fraction of sp³-hybridized carbons (Fsp3) is 0. The van der Waals surface area contributed by atoms with Crippen LogP contribution in [0.4, 0.5) is 5.69 Å². The van der Waals surface area contributed by atoms with Crippen LogP contribution in [-0.2, 0) is 0 Å². The summed E-state index contributed by atoms with van der Waals surface area (Å²) in [5.41, 5.74) is 9.94. The van der Waals surface area contributed by atoms with Crippen molar-refractivity contribution < 1.29 is 6.85 Å². The van der Waals surface area contributed by atoms with Crippen molar-refractivity contribution >= 4 is 112 Å². The Morgan fingerprint density at radius 3 is 1.27 bits per heavy atom. The van der Waals surface area contributed by atoms with Crippen molar-refractivity contribution in [3.8, 4) is 78.9 Å². The van der Waals surface area contributed by atoms with Crippen LogP contribution < -0.4 is 0 Å². The summed E-state index contributed by atoms with van der Waals surface area (Å²) in [7, 11) is 0. The molecule has 0 aliphatic rings. The predicted octanol–water partition coefficient (Wildman–Crippen LogP) is 21.4. The normalized spacial score (nSPS) is 12.6. The molecule has 0 fully saturated rings. The molecule has 8 heteroatoms. The molecule has 17 rings (SSSR count). The average Bonchev–Trinajstić information content (AvgIpc) is 1.61. The second-order valence-corrected chi connectivity index (χ2v) is 23.0. The fourth-order valence-corrected chi connectivity index (χ4v) is 15.1. The second-order valence-electron chi connectivity index (χ2n) is 20.9. The van der Waals surface area contributed by atoms with E-state index in [1.807, 2.05) is 103 Å². The third kappa shape index (κ3) is 7.43. The lowest BCUT2D eigenvalue weighted by molar-refractivity contribution is 1.06. The second kappa shape index (κ2) is 19.2. The van der Waals surface area contributed by atoms with Crippen molar-refractivity contribution in [1.29, 1.82) is 0 Å². The molecule has 0 saturated heterocycles. The third-order valence-electron chi connectivity index (χ3n) is 16.3. The SMILES string of the molecule is [2H]c1c([2H])c([2H])c(-c2c(-n3c4ccc(-c5ccccc5)cc4c4c5sc6ccccc6c5ccc43)c([N+]#[C-])cc(-c3nc(-c4ccccc4)nc(-c4ccccc4)n3)c2-n2c3ccc(-c4ccccc4)cc3c3c4sc5ccccc5c4ccc32)c([2H])c1[2H]. The van der Waals surface area contributed by atoms with Crippen LogP contribution in [0.3, 0.4) is 0 Å². The molecule has 6 nitrogen and oxygen atoms in total. The number of hydrogen-bond donors (Lipinski definition) is 0. The zero-order chi connectivity index (χ0) is 59.8. The summed E-state index contributed by atoms with van der Waals surface area (Å²) < 4.78 is 57.4. The number of aromatic nitrogens is 5. The summed E-state index contributed by atoms with van der Waals surface area (Å²) in [5.74, 6) is 0.964. The number of hydrogen-bond acceptors (Lipinski definition) is 5. The van der Waals surface area contributed by atoms with E-state index in [9.17, 15) is 12.1 Å². The topological polar surface area (TPSA) is 52.9 Å². The van der Waals surface area contributed by atoms with Gasteiger partial charge in [0, 0.05) is 84.1 Å². The maximum absolute atomic E-state index is 10.2. The van der Waals surface area contributed by atoms with Gasteiger partial charge in [0.1, 0.15) is 0 Å². The Morgan fingerprint density at radius 1 is 0.357 bits per heavy atom. The molecule has 0 saturated carbocycles. The van der Waals surface area contributed by atoms with E-state index in [-0.39, 0.29) is 22.6 Å². The van der Waals surface area contributed by atoms with Gasteiger partial charge in [-0.15, -0.1) is 22.7 Å². The molecule has 84 heavy (non-hydrogen) atoms. The Kier molecular flexibility index (Phi) is 9.80. The number of fused-ring (bicyclic) bond motifs is 14. The molecule has 390 valence electrons. The molecular formula is C76H44N6S2. The van der Waals surface area contributed by atoms with Gasteiger partial charge in [0.25, 0.3) is 0 Å². The Morgan fingerprint density at radius 2 is 0.786 bits per heavy atom. The first kappa shape index (κ1) is 43.0. The van der Waals surface area contributed by atoms with Crippen LogP contribution >= 0.6 is 22.7 Å². The molecule has 0 unspecified atom stereocenters. The molecule has 0 N–H and O–H groups in total. The highest BCUT2D eigenvalue weighted by Crippen LogP contribution is 2.53. The molecule has 17 aromatic rings. The first-order valence-corrected chi connectivity index (χ1v) is 29.3. The Hall–Kier alpha value is -10.8. The lowest BCUT2D eigenvalue weighted by Crippen LogP contribution is -2.08. The van der Waals surface area contributed by atoms with E-state index in [1.54, 1.807) is 22.7 Å². The van der Waals surface area contributed by atoms with Crippen LogP contribution in [0.2, 0.25) is 0 Å². The van der Waals surface area contributed by atoms with E-state index in [1.165, 1.54) is 0 Å². The van der Waals surface area contributed by atoms with Crippen LogP contribution in [0.25, 0.3) is 168 Å². The van der Waals surface area contributed by atoms with E-state index < -0.39 is 30.2 Å². The summed E-state index contributed by atoms with van der Waals surface area (Å²) in [5, 5.41) is 8.19. The van der Waals surface area contributed by atoms with Gasteiger partial charge in [0.15, 0.2) is 17.5 Å². The Balaban J connectivity index is 1.13. The number of benzene rings is 12. The zero-order valence-corrected chi connectivity index (χ0v) is 46.1. The fourth-order valence-electron chi connectivity index (χ4n) is 12.6. The van der Waals surface area contributed by atoms with Crippen LogP contribution in [0.5, 0.6) is 0 Å². The molecule has 0 amide bonds. The lowest BCUT2D eigenvalue weighted by atomic mass is 9.94. The molecule has 5 heterocycles. The van der Waals surface area contributed by atoms with Crippen LogP contribution in [0.15, 0.2) is 267 Å². The molecule has 0 aliphatic heterocycles. The van der Waals surface area contributed by atoms with Gasteiger partial charge in [0.05, 0.1) is 46.9 Å². The van der Waals surface area contributed by atoms with E-state index >= 15 is 0 Å². The molecular weight excluding hydrogens is 1060 g/mol. The van der Waals surface area contributed by atoms with Crippen LogP contribution in [0, 0.1) is 6.57 Å². The monoisotopic (exact) mass is 1110 g/mol. The number of nitrogens with zero attached hydrogens (tertiary/aromatic N) is 6. The largest absolute Gasteiger partial charge is 0.318 e. The summed E-state index contributed by atoms with van der Waals surface area (Å²) in [6, 6.07) is 77.7. The summed E-state index contributed by atoms with van der Waals surface area (Å²) in [6.07, 6.45) is 0. The summed E-state index contributed by atoms with van der Waals surface area (Å²) in [4.78, 5) is 20.5. The summed E-state index contributed by atoms with van der Waals surface area (Å²) >= 11 is 3.43. The van der Waals surface area contributed by atoms with E-state index in [0.29, 0.717) is 28.6 Å². The molecule has 12 aromatic carbocycles. The van der Waals surface area contributed by atoms with Crippen molar-refractivity contribution in [2.75, 3.05) is 0 Å². The lowest BCUT2D eigenvalue weighted by Gasteiger charge is -2.24. The Bertz CT molecular complexity index is 5790. The number of thiophene rings is 2. The van der Waals surface area contributed by atoms with Gasteiger partial charge >= 0.3 is 0 Å². The van der Waals surface area contributed by atoms with Crippen molar-refractivity contribution in [2.45, 2.75) is 0 Å². The maximum Gasteiger partial charge on any atom is 0.212 e. The molecule has 0 bridgehead atoms. The third-order valence-corrected chi connectivity index (χ3v) is 18.7. The predicted molar refractivity (Wildman–Crippen MR) is 353 cm³/mol. The van der Waals surface area contributed by atoms with Crippen LogP contribution in [0.1, 0.15) is 6.85 Å². The zero-order valence-electron chi connectivity index (χ0n) is 49.5. The van der Waals surface area contributed by atoms with E-state index in [2.05, 4.69) is 147 Å². The van der Waals surface area contributed by atoms with E-state index in [4.69, 9.17) is 16.3 Å².